The van der Waals surface area contributed by atoms with Crippen molar-refractivity contribution in [1.29, 1.82) is 0 Å². The fourth-order valence-corrected chi connectivity index (χ4v) is 3.89. The third kappa shape index (κ3) is 3.84. The van der Waals surface area contributed by atoms with Gasteiger partial charge in [-0.3, -0.25) is 4.90 Å². The van der Waals surface area contributed by atoms with Crippen molar-refractivity contribution in [3.05, 3.63) is 58.9 Å². The number of hydrogen-bond donors (Lipinski definition) is 0. The molecule has 1 fully saturated rings. The maximum absolute atomic E-state index is 6.06. The van der Waals surface area contributed by atoms with E-state index < -0.39 is 0 Å². The molecule has 28 heavy (non-hydrogen) atoms. The zero-order chi connectivity index (χ0) is 19.5. The van der Waals surface area contributed by atoms with E-state index in [0.29, 0.717) is 23.3 Å². The van der Waals surface area contributed by atoms with E-state index in [1.54, 1.807) is 14.2 Å². The van der Waals surface area contributed by atoms with Crippen LogP contribution < -0.4 is 9.47 Å². The summed E-state index contributed by atoms with van der Waals surface area (Å²) in [6, 6.07) is 13.7. The third-order valence-corrected chi connectivity index (χ3v) is 5.29. The van der Waals surface area contributed by atoms with Crippen LogP contribution in [0.2, 0.25) is 5.02 Å². The number of methoxy groups -OCH3 is 2. The zero-order valence-electron chi connectivity index (χ0n) is 15.9. The molecule has 1 aliphatic rings. The molecule has 4 rings (SSSR count). The second-order valence-electron chi connectivity index (χ2n) is 6.76. The summed E-state index contributed by atoms with van der Waals surface area (Å²) in [5.74, 6) is 2.76. The van der Waals surface area contributed by atoms with Crippen molar-refractivity contribution < 1.29 is 14.0 Å². The number of nitrogens with zero attached hydrogens (tertiary/aromatic N) is 3. The molecular weight excluding hydrogens is 378 g/mol. The van der Waals surface area contributed by atoms with Gasteiger partial charge in [0.15, 0.2) is 0 Å². The molecule has 3 aromatic rings. The summed E-state index contributed by atoms with van der Waals surface area (Å²) < 4.78 is 16.4. The first kappa shape index (κ1) is 18.8. The highest BCUT2D eigenvalue weighted by Gasteiger charge is 2.30. The Morgan fingerprint density at radius 3 is 2.86 bits per heavy atom. The van der Waals surface area contributed by atoms with Gasteiger partial charge in [0, 0.05) is 28.3 Å². The largest absolute Gasteiger partial charge is 0.497 e. The quantitative estimate of drug-likeness (QED) is 0.596. The van der Waals surface area contributed by atoms with Crippen LogP contribution in [0.25, 0.3) is 11.4 Å². The van der Waals surface area contributed by atoms with Gasteiger partial charge >= 0.3 is 0 Å². The minimum atomic E-state index is 0.238. The van der Waals surface area contributed by atoms with Gasteiger partial charge in [-0.1, -0.05) is 35.0 Å². The second-order valence-corrected chi connectivity index (χ2v) is 7.19. The molecule has 1 unspecified atom stereocenters. The van der Waals surface area contributed by atoms with E-state index in [1.165, 1.54) is 0 Å². The molecule has 146 valence electrons. The lowest BCUT2D eigenvalue weighted by atomic mass is 10.0. The van der Waals surface area contributed by atoms with Crippen LogP contribution in [-0.2, 0) is 6.54 Å². The number of benzene rings is 2. The van der Waals surface area contributed by atoms with E-state index in [0.717, 1.165) is 42.0 Å². The minimum absolute atomic E-state index is 0.238. The predicted octanol–water partition coefficient (Wildman–Crippen LogP) is 4.74. The molecule has 1 aliphatic heterocycles. The van der Waals surface area contributed by atoms with Crippen molar-refractivity contribution in [1.82, 2.24) is 15.0 Å². The predicted molar refractivity (Wildman–Crippen MR) is 107 cm³/mol. The maximum Gasteiger partial charge on any atom is 0.241 e. The van der Waals surface area contributed by atoms with Crippen molar-refractivity contribution in [2.45, 2.75) is 25.4 Å². The number of likely N-dealkylation sites (tertiary alicyclic amines) is 1. The van der Waals surface area contributed by atoms with Gasteiger partial charge in [0.25, 0.3) is 0 Å². The molecule has 0 N–H and O–H groups in total. The van der Waals surface area contributed by atoms with Crippen LogP contribution in [0.3, 0.4) is 0 Å². The van der Waals surface area contributed by atoms with E-state index in [9.17, 15) is 0 Å². The maximum atomic E-state index is 6.06. The normalized spacial score (nSPS) is 17.0. The summed E-state index contributed by atoms with van der Waals surface area (Å²) >= 11 is 6.06. The van der Waals surface area contributed by atoms with Crippen LogP contribution in [0, 0.1) is 0 Å². The molecule has 2 heterocycles. The molecule has 6 nitrogen and oxygen atoms in total. The van der Waals surface area contributed by atoms with Gasteiger partial charge in [0.1, 0.15) is 11.5 Å². The number of halogens is 1. The minimum Gasteiger partial charge on any atom is -0.497 e. The summed E-state index contributed by atoms with van der Waals surface area (Å²) in [5.41, 5.74) is 1.99. The Kier molecular flexibility index (Phi) is 5.50. The molecule has 0 bridgehead atoms. The van der Waals surface area contributed by atoms with Crippen LogP contribution >= 0.6 is 11.6 Å². The van der Waals surface area contributed by atoms with Crippen molar-refractivity contribution >= 4 is 11.6 Å². The molecule has 1 aromatic heterocycles. The standard InChI is InChI=1S/C21H22ClN3O3/c1-26-16-8-9-17(19(12-16)27-2)18-7-4-10-25(18)13-20-23-21(24-28-20)14-5-3-6-15(22)11-14/h3,5-6,8-9,11-12,18H,4,7,10,13H2,1-2H3. The summed E-state index contributed by atoms with van der Waals surface area (Å²) in [6.07, 6.45) is 2.16. The van der Waals surface area contributed by atoms with Gasteiger partial charge in [0.2, 0.25) is 11.7 Å². The fourth-order valence-electron chi connectivity index (χ4n) is 3.70. The van der Waals surface area contributed by atoms with Gasteiger partial charge < -0.3 is 14.0 Å². The first-order chi connectivity index (χ1) is 13.7. The molecule has 0 spiro atoms. The van der Waals surface area contributed by atoms with Crippen LogP contribution in [0.5, 0.6) is 11.5 Å². The molecule has 1 saturated heterocycles. The van der Waals surface area contributed by atoms with Crippen LogP contribution in [0.4, 0.5) is 0 Å². The van der Waals surface area contributed by atoms with Gasteiger partial charge in [-0.05, 0) is 37.6 Å². The van der Waals surface area contributed by atoms with E-state index in [4.69, 9.17) is 25.6 Å². The van der Waals surface area contributed by atoms with Gasteiger partial charge in [-0.15, -0.1) is 0 Å². The number of aromatic nitrogens is 2. The summed E-state index contributed by atoms with van der Waals surface area (Å²) in [4.78, 5) is 6.90. The summed E-state index contributed by atoms with van der Waals surface area (Å²) in [6.45, 7) is 1.56. The third-order valence-electron chi connectivity index (χ3n) is 5.05. The van der Waals surface area contributed by atoms with E-state index >= 15 is 0 Å². The average Bonchev–Trinajstić information content (AvgIpc) is 3.37. The van der Waals surface area contributed by atoms with E-state index in [-0.39, 0.29) is 6.04 Å². The van der Waals surface area contributed by atoms with E-state index in [2.05, 4.69) is 21.1 Å². The van der Waals surface area contributed by atoms with Crippen molar-refractivity contribution in [3.8, 4) is 22.9 Å². The Labute approximate surface area is 169 Å². The Morgan fingerprint density at radius 1 is 1.18 bits per heavy atom. The first-order valence-corrected chi connectivity index (χ1v) is 9.60. The lowest BCUT2D eigenvalue weighted by Crippen LogP contribution is -2.23. The second kappa shape index (κ2) is 8.20. The zero-order valence-corrected chi connectivity index (χ0v) is 16.6. The Balaban J connectivity index is 1.54. The lowest BCUT2D eigenvalue weighted by molar-refractivity contribution is 0.209. The topological polar surface area (TPSA) is 60.6 Å². The number of rotatable bonds is 6. The van der Waals surface area contributed by atoms with Gasteiger partial charge in [0.05, 0.1) is 20.8 Å². The monoisotopic (exact) mass is 399 g/mol. The van der Waals surface area contributed by atoms with Gasteiger partial charge in [-0.25, -0.2) is 0 Å². The molecule has 0 aliphatic carbocycles. The molecule has 0 radical (unpaired) electrons. The smallest absolute Gasteiger partial charge is 0.241 e. The summed E-state index contributed by atoms with van der Waals surface area (Å²) in [5, 5.41) is 4.76. The van der Waals surface area contributed by atoms with Gasteiger partial charge in [-0.2, -0.15) is 4.98 Å². The molecule has 1 atom stereocenters. The first-order valence-electron chi connectivity index (χ1n) is 9.22. The SMILES string of the molecule is COc1ccc(C2CCCN2Cc2nc(-c3cccc(Cl)c3)no2)c(OC)c1. The van der Waals surface area contributed by atoms with Crippen molar-refractivity contribution in [2.24, 2.45) is 0 Å². The molecule has 2 aromatic carbocycles. The highest BCUT2D eigenvalue weighted by atomic mass is 35.5. The van der Waals surface area contributed by atoms with Crippen molar-refractivity contribution in [3.63, 3.8) is 0 Å². The Morgan fingerprint density at radius 2 is 2.07 bits per heavy atom. The van der Waals surface area contributed by atoms with Crippen LogP contribution in [0.15, 0.2) is 47.0 Å². The van der Waals surface area contributed by atoms with E-state index in [1.807, 2.05) is 36.4 Å². The number of ether oxygens (including phenoxy) is 2. The lowest BCUT2D eigenvalue weighted by Gasteiger charge is -2.25. The molecule has 7 heteroatoms. The summed E-state index contributed by atoms with van der Waals surface area (Å²) in [7, 11) is 3.34. The molecular formula is C21H22ClN3O3. The highest BCUT2D eigenvalue weighted by Crippen LogP contribution is 2.39. The highest BCUT2D eigenvalue weighted by molar-refractivity contribution is 6.30. The Hall–Kier alpha value is -2.57. The number of hydrogen-bond acceptors (Lipinski definition) is 6. The van der Waals surface area contributed by atoms with Crippen LogP contribution in [-0.4, -0.2) is 35.8 Å². The molecule has 0 saturated carbocycles. The van der Waals surface area contributed by atoms with Crippen molar-refractivity contribution in [2.75, 3.05) is 20.8 Å². The van der Waals surface area contributed by atoms with Crippen LogP contribution in [0.1, 0.15) is 30.3 Å². The molecule has 0 amide bonds. The Bertz CT molecular complexity index is 960. The average molecular weight is 400 g/mol. The fraction of sp³-hybridized carbons (Fsp3) is 0.333.